The first-order valence-electron chi connectivity index (χ1n) is 6.76. The van der Waals surface area contributed by atoms with Gasteiger partial charge < -0.3 is 14.5 Å². The molecule has 0 bridgehead atoms. The van der Waals surface area contributed by atoms with Gasteiger partial charge in [-0.1, -0.05) is 27.7 Å². The number of rotatable bonds is 4. The zero-order chi connectivity index (χ0) is 13.1. The minimum atomic E-state index is -1.63. The van der Waals surface area contributed by atoms with E-state index in [0.29, 0.717) is 6.10 Å². The van der Waals surface area contributed by atoms with Crippen LogP contribution in [0.1, 0.15) is 34.1 Å². The van der Waals surface area contributed by atoms with Crippen molar-refractivity contribution in [3.63, 3.8) is 0 Å². The molecule has 1 fully saturated rings. The second kappa shape index (κ2) is 5.82. The van der Waals surface area contributed by atoms with Gasteiger partial charge in [-0.3, -0.25) is 0 Å². The first-order valence-corrected chi connectivity index (χ1v) is 9.67. The van der Waals surface area contributed by atoms with Gasteiger partial charge >= 0.3 is 0 Å². The summed E-state index contributed by atoms with van der Waals surface area (Å²) >= 11 is 0. The summed E-state index contributed by atoms with van der Waals surface area (Å²) in [6, 6.07) is 0. The molecular weight excluding hydrogens is 230 g/mol. The molecule has 0 spiro atoms. The fourth-order valence-electron chi connectivity index (χ4n) is 1.63. The SMILES string of the molecule is CC[C@@H]1CNC[C@@H](CO[Si](C)(C)C(C)(C)C)O1. The van der Waals surface area contributed by atoms with E-state index in [4.69, 9.17) is 9.16 Å². The van der Waals surface area contributed by atoms with E-state index >= 15 is 0 Å². The van der Waals surface area contributed by atoms with E-state index in [1.165, 1.54) is 0 Å². The largest absolute Gasteiger partial charge is 0.414 e. The van der Waals surface area contributed by atoms with Crippen LogP contribution in [0.2, 0.25) is 18.1 Å². The molecule has 4 heteroatoms. The summed E-state index contributed by atoms with van der Waals surface area (Å²) in [5, 5.41) is 3.70. The second-order valence-electron chi connectivity index (χ2n) is 6.52. The molecule has 0 aromatic rings. The Hall–Kier alpha value is 0.0969. The predicted octanol–water partition coefficient (Wildman–Crippen LogP) is 2.78. The zero-order valence-corrected chi connectivity index (χ0v) is 13.3. The van der Waals surface area contributed by atoms with Crippen LogP contribution in [0.5, 0.6) is 0 Å². The van der Waals surface area contributed by atoms with Crippen molar-refractivity contribution >= 4 is 8.32 Å². The Kier molecular flexibility index (Phi) is 5.19. The molecule has 0 radical (unpaired) electrons. The highest BCUT2D eigenvalue weighted by Gasteiger charge is 2.38. The van der Waals surface area contributed by atoms with E-state index in [-0.39, 0.29) is 11.1 Å². The Labute approximate surface area is 107 Å². The molecule has 0 aliphatic carbocycles. The number of ether oxygens (including phenoxy) is 1. The van der Waals surface area contributed by atoms with Crippen LogP contribution < -0.4 is 5.32 Å². The Morgan fingerprint density at radius 1 is 1.24 bits per heavy atom. The second-order valence-corrected chi connectivity index (χ2v) is 11.3. The minimum Gasteiger partial charge on any atom is -0.414 e. The lowest BCUT2D eigenvalue weighted by molar-refractivity contribution is -0.0587. The highest BCUT2D eigenvalue weighted by Crippen LogP contribution is 2.36. The van der Waals surface area contributed by atoms with Crippen molar-refractivity contribution in [2.45, 2.75) is 64.5 Å². The van der Waals surface area contributed by atoms with Crippen molar-refractivity contribution in [1.82, 2.24) is 5.32 Å². The molecule has 17 heavy (non-hydrogen) atoms. The molecule has 102 valence electrons. The van der Waals surface area contributed by atoms with Crippen molar-refractivity contribution in [3.05, 3.63) is 0 Å². The molecule has 1 saturated heterocycles. The molecule has 1 heterocycles. The number of nitrogens with one attached hydrogen (secondary N) is 1. The van der Waals surface area contributed by atoms with Gasteiger partial charge in [-0.15, -0.1) is 0 Å². The average Bonchev–Trinajstić information content (AvgIpc) is 2.25. The lowest BCUT2D eigenvalue weighted by Crippen LogP contribution is -2.49. The molecule has 0 saturated carbocycles. The van der Waals surface area contributed by atoms with Crippen molar-refractivity contribution in [2.75, 3.05) is 19.7 Å². The molecule has 3 nitrogen and oxygen atoms in total. The van der Waals surface area contributed by atoms with E-state index in [9.17, 15) is 0 Å². The van der Waals surface area contributed by atoms with Crippen molar-refractivity contribution < 1.29 is 9.16 Å². The highest BCUT2D eigenvalue weighted by molar-refractivity contribution is 6.74. The van der Waals surface area contributed by atoms with E-state index in [0.717, 1.165) is 26.1 Å². The van der Waals surface area contributed by atoms with E-state index in [1.54, 1.807) is 0 Å². The van der Waals surface area contributed by atoms with Gasteiger partial charge in [-0.2, -0.15) is 0 Å². The van der Waals surface area contributed by atoms with Gasteiger partial charge in [0.05, 0.1) is 18.8 Å². The molecule has 0 amide bonds. The standard InChI is InChI=1S/C13H29NO2Si/c1-7-11-8-14-9-12(16-11)10-15-17(5,6)13(2,3)4/h11-12,14H,7-10H2,1-6H3/t11-,12+/m1/s1. The maximum absolute atomic E-state index is 6.20. The summed E-state index contributed by atoms with van der Waals surface area (Å²) in [6.45, 7) is 16.2. The summed E-state index contributed by atoms with van der Waals surface area (Å²) in [6.07, 6.45) is 1.66. The van der Waals surface area contributed by atoms with Crippen molar-refractivity contribution in [2.24, 2.45) is 0 Å². The monoisotopic (exact) mass is 259 g/mol. The maximum Gasteiger partial charge on any atom is 0.192 e. The van der Waals surface area contributed by atoms with Crippen LogP contribution in [0.4, 0.5) is 0 Å². The predicted molar refractivity (Wildman–Crippen MR) is 75.0 cm³/mol. The van der Waals surface area contributed by atoms with Gasteiger partial charge in [0, 0.05) is 13.1 Å². The Bertz CT molecular complexity index is 238. The van der Waals surface area contributed by atoms with Gasteiger partial charge in [-0.05, 0) is 24.6 Å². The molecular formula is C13H29NO2Si. The fourth-order valence-corrected chi connectivity index (χ4v) is 2.67. The molecule has 2 atom stereocenters. The zero-order valence-electron chi connectivity index (χ0n) is 12.3. The normalized spacial score (nSPS) is 27.2. The average molecular weight is 259 g/mol. The van der Waals surface area contributed by atoms with Crippen LogP contribution in [0, 0.1) is 0 Å². The Morgan fingerprint density at radius 2 is 1.82 bits per heavy atom. The molecule has 0 aromatic carbocycles. The molecule has 1 N–H and O–H groups in total. The van der Waals surface area contributed by atoms with Gasteiger partial charge in [-0.25, -0.2) is 0 Å². The lowest BCUT2D eigenvalue weighted by Gasteiger charge is -2.38. The molecule has 1 aliphatic rings. The van der Waals surface area contributed by atoms with Crippen LogP contribution in [-0.2, 0) is 9.16 Å². The first kappa shape index (κ1) is 15.2. The topological polar surface area (TPSA) is 30.5 Å². The third-order valence-electron chi connectivity index (χ3n) is 4.02. The third-order valence-corrected chi connectivity index (χ3v) is 8.52. The van der Waals surface area contributed by atoms with E-state index in [1.807, 2.05) is 0 Å². The quantitative estimate of drug-likeness (QED) is 0.788. The molecule has 1 rings (SSSR count). The fraction of sp³-hybridized carbons (Fsp3) is 1.00. The maximum atomic E-state index is 6.20. The summed E-state index contributed by atoms with van der Waals surface area (Å²) in [4.78, 5) is 0. The minimum absolute atomic E-state index is 0.225. The smallest absolute Gasteiger partial charge is 0.192 e. The number of hydrogen-bond acceptors (Lipinski definition) is 3. The molecule has 0 unspecified atom stereocenters. The lowest BCUT2D eigenvalue weighted by atomic mass is 10.2. The Morgan fingerprint density at radius 3 is 2.35 bits per heavy atom. The van der Waals surface area contributed by atoms with Crippen LogP contribution >= 0.6 is 0 Å². The molecule has 0 aromatic heterocycles. The van der Waals surface area contributed by atoms with Crippen LogP contribution in [0.15, 0.2) is 0 Å². The van der Waals surface area contributed by atoms with Gasteiger partial charge in [0.2, 0.25) is 0 Å². The first-order chi connectivity index (χ1) is 7.76. The van der Waals surface area contributed by atoms with Gasteiger partial charge in [0.1, 0.15) is 0 Å². The van der Waals surface area contributed by atoms with E-state index < -0.39 is 8.32 Å². The number of hydrogen-bond donors (Lipinski definition) is 1. The summed E-state index contributed by atoms with van der Waals surface area (Å²) in [5.74, 6) is 0. The van der Waals surface area contributed by atoms with Gasteiger partial charge in [0.25, 0.3) is 0 Å². The number of morpholine rings is 1. The Balaban J connectivity index is 2.40. The van der Waals surface area contributed by atoms with Gasteiger partial charge in [0.15, 0.2) is 8.32 Å². The summed E-state index contributed by atoms with van der Waals surface area (Å²) in [7, 11) is -1.63. The third kappa shape index (κ3) is 4.36. The van der Waals surface area contributed by atoms with Crippen LogP contribution in [-0.4, -0.2) is 40.2 Å². The highest BCUT2D eigenvalue weighted by atomic mass is 28.4. The van der Waals surface area contributed by atoms with Crippen LogP contribution in [0.25, 0.3) is 0 Å². The molecule has 1 aliphatic heterocycles. The van der Waals surface area contributed by atoms with E-state index in [2.05, 4.69) is 46.1 Å². The summed E-state index contributed by atoms with van der Waals surface area (Å²) < 4.78 is 12.2. The summed E-state index contributed by atoms with van der Waals surface area (Å²) in [5.41, 5.74) is 0. The van der Waals surface area contributed by atoms with Crippen molar-refractivity contribution in [3.8, 4) is 0 Å². The van der Waals surface area contributed by atoms with Crippen LogP contribution in [0.3, 0.4) is 0 Å². The van der Waals surface area contributed by atoms with Crippen molar-refractivity contribution in [1.29, 1.82) is 0 Å².